The molecule has 1 saturated heterocycles. The van der Waals surface area contributed by atoms with Crippen LogP contribution in [-0.4, -0.2) is 17.1 Å². The number of nitrogens with zero attached hydrogens (tertiary/aromatic N) is 2. The van der Waals surface area contributed by atoms with Gasteiger partial charge in [-0.25, -0.2) is 0 Å². The van der Waals surface area contributed by atoms with Crippen LogP contribution in [-0.2, 0) is 5.54 Å². The molecule has 2 heterocycles. The van der Waals surface area contributed by atoms with Crippen LogP contribution in [0.5, 0.6) is 0 Å². The second kappa shape index (κ2) is 8.02. The number of aryl methyl sites for hydroxylation is 1. The average molecular weight is 437 g/mol. The highest BCUT2D eigenvalue weighted by Gasteiger charge is 2.62. The van der Waals surface area contributed by atoms with Gasteiger partial charge >= 0.3 is 0 Å². The van der Waals surface area contributed by atoms with Gasteiger partial charge in [-0.1, -0.05) is 92.1 Å². The van der Waals surface area contributed by atoms with E-state index < -0.39 is 0 Å². The first-order chi connectivity index (χ1) is 16.2. The van der Waals surface area contributed by atoms with Gasteiger partial charge in [-0.15, -0.1) is 0 Å². The smallest absolute Gasteiger partial charge is 0.0812 e. The molecule has 0 spiro atoms. The molecule has 0 bridgehead atoms. The lowest BCUT2D eigenvalue weighted by molar-refractivity contribution is 0.0270. The average Bonchev–Trinajstić information content (AvgIpc) is 3.31. The molecule has 170 valence electrons. The Labute approximate surface area is 199 Å². The predicted octanol–water partition coefficient (Wildman–Crippen LogP) is 7.43. The van der Waals surface area contributed by atoms with Crippen molar-refractivity contribution in [2.45, 2.75) is 76.7 Å². The van der Waals surface area contributed by atoms with Crippen molar-refractivity contribution in [3.63, 3.8) is 0 Å². The first kappa shape index (κ1) is 21.0. The van der Waals surface area contributed by atoms with Gasteiger partial charge in [0.2, 0.25) is 0 Å². The quantitative estimate of drug-likeness (QED) is 0.421. The molecule has 3 unspecified atom stereocenters. The second-order valence-corrected chi connectivity index (χ2v) is 10.5. The number of benzene rings is 3. The molecule has 0 amide bonds. The number of para-hydroxylation sites is 1. The van der Waals surface area contributed by atoms with Crippen LogP contribution in [0, 0.1) is 12.8 Å². The zero-order valence-electron chi connectivity index (χ0n) is 20.2. The Morgan fingerprint density at radius 2 is 1.42 bits per heavy atom. The standard InChI is InChI=1S/C31H36N2/c1-22-14-10-13-21-29(22)32-23(2)30-27-19-11-12-20-28(27)31(33(30)24(32)3,25-15-6-4-7-16-25)26-17-8-5-9-18-26/h4,6-7,10-16,19-21,23-24,26,30H,5,8-9,17-18H2,1-3H3/t23-,24?,30?,31?/m0/s1. The zero-order chi connectivity index (χ0) is 22.6. The maximum atomic E-state index is 2.93. The Morgan fingerprint density at radius 1 is 0.758 bits per heavy atom. The van der Waals surface area contributed by atoms with Crippen LogP contribution in [0.1, 0.15) is 74.2 Å². The molecule has 2 heteroatoms. The van der Waals surface area contributed by atoms with Gasteiger partial charge in [0.25, 0.3) is 0 Å². The normalized spacial score (nSPS) is 29.8. The van der Waals surface area contributed by atoms with E-state index in [9.17, 15) is 0 Å². The molecule has 0 N–H and O–H groups in total. The topological polar surface area (TPSA) is 6.48 Å². The van der Waals surface area contributed by atoms with E-state index in [2.05, 4.69) is 109 Å². The van der Waals surface area contributed by atoms with Gasteiger partial charge in [0.1, 0.15) is 0 Å². The van der Waals surface area contributed by atoms with Crippen molar-refractivity contribution in [1.29, 1.82) is 0 Å². The molecule has 0 radical (unpaired) electrons. The van der Waals surface area contributed by atoms with Crippen molar-refractivity contribution in [1.82, 2.24) is 4.90 Å². The van der Waals surface area contributed by atoms with Crippen molar-refractivity contribution in [3.8, 4) is 0 Å². The van der Waals surface area contributed by atoms with Gasteiger partial charge < -0.3 is 4.90 Å². The number of rotatable bonds is 3. The summed E-state index contributed by atoms with van der Waals surface area (Å²) in [6, 6.07) is 30.6. The Balaban J connectivity index is 1.60. The molecule has 1 aliphatic carbocycles. The largest absolute Gasteiger partial charge is 0.351 e. The van der Waals surface area contributed by atoms with E-state index in [0.29, 0.717) is 24.2 Å². The van der Waals surface area contributed by atoms with Gasteiger partial charge in [0, 0.05) is 11.7 Å². The maximum Gasteiger partial charge on any atom is 0.0812 e. The highest BCUT2D eigenvalue weighted by molar-refractivity contribution is 5.60. The second-order valence-electron chi connectivity index (χ2n) is 10.5. The fraction of sp³-hybridized carbons (Fsp3) is 0.419. The molecule has 2 aliphatic heterocycles. The third-order valence-corrected chi connectivity index (χ3v) is 8.90. The van der Waals surface area contributed by atoms with Crippen LogP contribution < -0.4 is 4.90 Å². The molecular weight excluding hydrogens is 400 g/mol. The van der Waals surface area contributed by atoms with Gasteiger partial charge in [-0.3, -0.25) is 4.90 Å². The first-order valence-electron chi connectivity index (χ1n) is 12.9. The minimum Gasteiger partial charge on any atom is -0.351 e. The van der Waals surface area contributed by atoms with Gasteiger partial charge in [-0.05, 0) is 67.9 Å². The minimum atomic E-state index is -0.0615. The van der Waals surface area contributed by atoms with E-state index in [0.717, 1.165) is 0 Å². The summed E-state index contributed by atoms with van der Waals surface area (Å²) in [5.41, 5.74) is 7.29. The van der Waals surface area contributed by atoms with E-state index in [-0.39, 0.29) is 5.54 Å². The molecule has 0 aromatic heterocycles. The van der Waals surface area contributed by atoms with E-state index in [1.54, 1.807) is 11.1 Å². The van der Waals surface area contributed by atoms with Crippen LogP contribution in [0.2, 0.25) is 0 Å². The fourth-order valence-electron chi connectivity index (χ4n) is 7.71. The molecule has 1 saturated carbocycles. The molecule has 2 fully saturated rings. The molecule has 2 nitrogen and oxygen atoms in total. The minimum absolute atomic E-state index is 0.0615. The van der Waals surface area contributed by atoms with Crippen molar-refractivity contribution < 1.29 is 0 Å². The highest BCUT2D eigenvalue weighted by Crippen LogP contribution is 2.62. The lowest BCUT2D eigenvalue weighted by Gasteiger charge is -2.49. The van der Waals surface area contributed by atoms with Crippen LogP contribution in [0.4, 0.5) is 5.69 Å². The van der Waals surface area contributed by atoms with E-state index in [1.165, 1.54) is 48.9 Å². The van der Waals surface area contributed by atoms with Crippen molar-refractivity contribution in [2.75, 3.05) is 4.90 Å². The summed E-state index contributed by atoms with van der Waals surface area (Å²) in [6.07, 6.45) is 7.04. The number of fused-ring (bicyclic) bond motifs is 3. The summed E-state index contributed by atoms with van der Waals surface area (Å²) in [5, 5.41) is 0. The number of hydrogen-bond acceptors (Lipinski definition) is 2. The summed E-state index contributed by atoms with van der Waals surface area (Å²) in [4.78, 5) is 5.64. The lowest BCUT2D eigenvalue weighted by Crippen LogP contribution is -2.53. The third kappa shape index (κ3) is 2.89. The van der Waals surface area contributed by atoms with Gasteiger partial charge in [0.05, 0.1) is 17.7 Å². The Kier molecular flexibility index (Phi) is 5.10. The molecule has 3 aromatic rings. The maximum absolute atomic E-state index is 2.93. The Bertz CT molecular complexity index is 1130. The van der Waals surface area contributed by atoms with E-state index >= 15 is 0 Å². The molecule has 6 rings (SSSR count). The van der Waals surface area contributed by atoms with Crippen LogP contribution in [0.3, 0.4) is 0 Å². The van der Waals surface area contributed by atoms with Crippen molar-refractivity contribution >= 4 is 5.69 Å². The van der Waals surface area contributed by atoms with E-state index in [1.807, 2.05) is 0 Å². The summed E-state index contributed by atoms with van der Waals surface area (Å²) in [5.74, 6) is 0.645. The fourth-order valence-corrected chi connectivity index (χ4v) is 7.71. The highest BCUT2D eigenvalue weighted by atomic mass is 15.5. The predicted molar refractivity (Wildman–Crippen MR) is 137 cm³/mol. The summed E-state index contributed by atoms with van der Waals surface area (Å²) in [6.45, 7) is 7.17. The first-order valence-corrected chi connectivity index (χ1v) is 12.9. The van der Waals surface area contributed by atoms with Crippen molar-refractivity contribution in [2.24, 2.45) is 5.92 Å². The van der Waals surface area contributed by atoms with Crippen LogP contribution in [0.15, 0.2) is 78.9 Å². The summed E-state index contributed by atoms with van der Waals surface area (Å²) >= 11 is 0. The van der Waals surface area contributed by atoms with Crippen LogP contribution >= 0.6 is 0 Å². The van der Waals surface area contributed by atoms with Gasteiger partial charge in [-0.2, -0.15) is 0 Å². The lowest BCUT2D eigenvalue weighted by atomic mass is 9.67. The van der Waals surface area contributed by atoms with Crippen molar-refractivity contribution in [3.05, 3.63) is 101 Å². The Hall–Kier alpha value is -2.58. The zero-order valence-corrected chi connectivity index (χ0v) is 20.2. The summed E-state index contributed by atoms with van der Waals surface area (Å²) in [7, 11) is 0. The number of hydrogen-bond donors (Lipinski definition) is 0. The molecular formula is C31H36N2. The molecule has 4 atom stereocenters. The molecule has 3 aromatic carbocycles. The van der Waals surface area contributed by atoms with E-state index in [4.69, 9.17) is 0 Å². The number of anilines is 1. The van der Waals surface area contributed by atoms with Crippen LogP contribution in [0.25, 0.3) is 0 Å². The molecule has 3 aliphatic rings. The third-order valence-electron chi connectivity index (χ3n) is 8.90. The Morgan fingerprint density at radius 3 is 2.18 bits per heavy atom. The SMILES string of the molecule is Cc1ccccc1N1C(C)N2C(c3ccccc3C2(c2ccccc2)C2CCCCC2)[C@@H]1C. The summed E-state index contributed by atoms with van der Waals surface area (Å²) < 4.78 is 0. The molecule has 33 heavy (non-hydrogen) atoms. The van der Waals surface area contributed by atoms with Gasteiger partial charge in [0.15, 0.2) is 0 Å². The monoisotopic (exact) mass is 436 g/mol.